The van der Waals surface area contributed by atoms with Gasteiger partial charge in [0.15, 0.2) is 11.5 Å². The van der Waals surface area contributed by atoms with Crippen molar-refractivity contribution in [3.8, 4) is 22.8 Å². The van der Waals surface area contributed by atoms with Crippen LogP contribution in [0.1, 0.15) is 16.7 Å². The molecule has 0 spiro atoms. The number of rotatable bonds is 4. The third kappa shape index (κ3) is 3.71. The van der Waals surface area contributed by atoms with Gasteiger partial charge in [-0.05, 0) is 50.1 Å². The molecule has 3 rings (SSSR count). The average Bonchev–Trinajstić information content (AvgIpc) is 2.66. The van der Waals surface area contributed by atoms with Crippen molar-refractivity contribution in [2.24, 2.45) is 12.0 Å². The van der Waals surface area contributed by atoms with E-state index in [1.807, 2.05) is 31.3 Å². The number of methoxy groups -OCH3 is 2. The van der Waals surface area contributed by atoms with Crippen molar-refractivity contribution in [1.82, 2.24) is 9.55 Å². The molecule has 2 N–H and O–H groups in total. The Morgan fingerprint density at radius 3 is 2.18 bits per heavy atom. The molecule has 28 heavy (non-hydrogen) atoms. The first-order valence-electron chi connectivity index (χ1n) is 9.02. The zero-order valence-electron chi connectivity index (χ0n) is 17.2. The molecule has 0 amide bonds. The third-order valence-corrected chi connectivity index (χ3v) is 4.73. The van der Waals surface area contributed by atoms with Crippen molar-refractivity contribution in [2.45, 2.75) is 20.8 Å². The van der Waals surface area contributed by atoms with E-state index in [0.29, 0.717) is 17.4 Å². The number of ether oxygens (including phenoxy) is 2. The summed E-state index contributed by atoms with van der Waals surface area (Å²) in [6, 6.07) is 11.8. The average molecular weight is 378 g/mol. The molecule has 3 aromatic rings. The van der Waals surface area contributed by atoms with E-state index < -0.39 is 0 Å². The molecule has 6 nitrogen and oxygen atoms in total. The second-order valence-electron chi connectivity index (χ2n) is 6.85. The van der Waals surface area contributed by atoms with Gasteiger partial charge in [-0.15, -0.1) is 0 Å². The zero-order chi connectivity index (χ0) is 20.4. The Balaban J connectivity index is 2.20. The molecule has 0 fully saturated rings. The lowest BCUT2D eigenvalue weighted by Crippen LogP contribution is -2.22. The van der Waals surface area contributed by atoms with Crippen LogP contribution in [-0.4, -0.2) is 23.8 Å². The highest BCUT2D eigenvalue weighted by Gasteiger charge is 2.10. The van der Waals surface area contributed by atoms with E-state index in [4.69, 9.17) is 20.2 Å². The molecule has 0 saturated carbocycles. The maximum absolute atomic E-state index is 6.18. The topological polar surface area (TPSA) is 74.7 Å². The molecule has 0 saturated heterocycles. The van der Waals surface area contributed by atoms with Gasteiger partial charge in [0.25, 0.3) is 0 Å². The Morgan fingerprint density at radius 2 is 1.57 bits per heavy atom. The minimum atomic E-state index is 0.383. The fourth-order valence-electron chi connectivity index (χ4n) is 3.28. The van der Waals surface area contributed by atoms with Crippen molar-refractivity contribution in [1.29, 1.82) is 0 Å². The quantitative estimate of drug-likeness (QED) is 0.748. The van der Waals surface area contributed by atoms with Crippen LogP contribution in [0, 0.1) is 20.8 Å². The number of hydrogen-bond donors (Lipinski definition) is 1. The highest BCUT2D eigenvalue weighted by atomic mass is 16.5. The first-order valence-corrected chi connectivity index (χ1v) is 9.02. The molecule has 0 aliphatic carbocycles. The first-order chi connectivity index (χ1) is 13.3. The first kappa shape index (κ1) is 19.5. The van der Waals surface area contributed by atoms with Crippen molar-refractivity contribution in [3.05, 3.63) is 58.6 Å². The predicted molar refractivity (Wildman–Crippen MR) is 112 cm³/mol. The van der Waals surface area contributed by atoms with Gasteiger partial charge in [-0.25, -0.2) is 9.98 Å². The van der Waals surface area contributed by atoms with Gasteiger partial charge in [0.2, 0.25) is 5.95 Å². The van der Waals surface area contributed by atoms with E-state index >= 15 is 0 Å². The largest absolute Gasteiger partial charge is 0.493 e. The molecule has 0 bridgehead atoms. The van der Waals surface area contributed by atoms with Crippen LogP contribution in [-0.2, 0) is 7.05 Å². The molecule has 2 aromatic carbocycles. The maximum atomic E-state index is 6.18. The highest BCUT2D eigenvalue weighted by molar-refractivity contribution is 5.64. The normalized spacial score (nSPS) is 11.6. The monoisotopic (exact) mass is 378 g/mol. The molecule has 0 aliphatic heterocycles. The number of benzene rings is 2. The minimum Gasteiger partial charge on any atom is -0.493 e. The van der Waals surface area contributed by atoms with E-state index in [1.54, 1.807) is 18.8 Å². The Morgan fingerprint density at radius 1 is 0.929 bits per heavy atom. The lowest BCUT2D eigenvalue weighted by Gasteiger charge is -2.12. The Hall–Kier alpha value is -3.28. The van der Waals surface area contributed by atoms with Crippen LogP contribution in [0.15, 0.2) is 41.4 Å². The molecule has 1 aromatic heterocycles. The maximum Gasteiger partial charge on any atom is 0.202 e. The highest BCUT2D eigenvalue weighted by Crippen LogP contribution is 2.31. The van der Waals surface area contributed by atoms with Crippen molar-refractivity contribution >= 4 is 11.6 Å². The molecular formula is C22H26N4O2. The molecule has 1 heterocycles. The lowest BCUT2D eigenvalue weighted by molar-refractivity contribution is 0.355. The number of nitrogens with zero attached hydrogens (tertiary/aromatic N) is 3. The fourth-order valence-corrected chi connectivity index (χ4v) is 3.28. The Labute approximate surface area is 165 Å². The van der Waals surface area contributed by atoms with Crippen molar-refractivity contribution < 1.29 is 9.47 Å². The molecule has 0 unspecified atom stereocenters. The van der Waals surface area contributed by atoms with Crippen molar-refractivity contribution in [2.75, 3.05) is 20.0 Å². The van der Waals surface area contributed by atoms with Crippen LogP contribution in [0.3, 0.4) is 0 Å². The summed E-state index contributed by atoms with van der Waals surface area (Å²) < 4.78 is 12.5. The summed E-state index contributed by atoms with van der Waals surface area (Å²) in [5.74, 6) is 1.68. The third-order valence-electron chi connectivity index (χ3n) is 4.73. The number of anilines is 1. The van der Waals surface area contributed by atoms with E-state index in [0.717, 1.165) is 33.6 Å². The summed E-state index contributed by atoms with van der Waals surface area (Å²) in [6.45, 7) is 6.22. The molecular weight excluding hydrogens is 352 g/mol. The number of aryl methyl sites for hydroxylation is 3. The summed E-state index contributed by atoms with van der Waals surface area (Å²) >= 11 is 0. The molecule has 0 aliphatic rings. The number of nitrogens with two attached hydrogens (primary N) is 1. The summed E-state index contributed by atoms with van der Waals surface area (Å²) in [6.07, 6.45) is 0. The number of aromatic nitrogens is 2. The SMILES string of the molecule is COc1ccc(-c2c/c(=N/c3c(C)cc(C)cc3C)n(C)c(N)n2)cc1OC. The molecule has 146 valence electrons. The zero-order valence-corrected chi connectivity index (χ0v) is 17.2. The van der Waals surface area contributed by atoms with Gasteiger partial charge in [-0.2, -0.15) is 0 Å². The lowest BCUT2D eigenvalue weighted by atomic mass is 10.1. The summed E-state index contributed by atoms with van der Waals surface area (Å²) in [7, 11) is 5.08. The van der Waals surface area contributed by atoms with Gasteiger partial charge < -0.3 is 19.8 Å². The molecule has 6 heteroatoms. The Kier molecular flexibility index (Phi) is 5.40. The van der Waals surface area contributed by atoms with Gasteiger partial charge in [0, 0.05) is 18.7 Å². The number of nitrogen functional groups attached to an aromatic ring is 1. The summed E-state index contributed by atoms with van der Waals surface area (Å²) in [4.78, 5) is 9.41. The van der Waals surface area contributed by atoms with Gasteiger partial charge in [-0.3, -0.25) is 0 Å². The van der Waals surface area contributed by atoms with Gasteiger partial charge >= 0.3 is 0 Å². The standard InChI is InChI=1S/C22H26N4O2/c1-13-9-14(2)21(15(3)10-13)25-20-12-17(24-22(23)26(20)4)16-7-8-18(27-5)19(11-16)28-6/h7-12H,1-6H3,(H2,23,24)/b25-20-. The summed E-state index contributed by atoms with van der Waals surface area (Å²) in [5.41, 5.74) is 12.9. The predicted octanol–water partition coefficient (Wildman–Crippen LogP) is 3.84. The van der Waals surface area contributed by atoms with Gasteiger partial charge in [0.1, 0.15) is 5.49 Å². The van der Waals surface area contributed by atoms with Crippen LogP contribution in [0.25, 0.3) is 11.3 Å². The fraction of sp³-hybridized carbons (Fsp3) is 0.273. The van der Waals surface area contributed by atoms with Crippen LogP contribution in [0.4, 0.5) is 11.6 Å². The van der Waals surface area contributed by atoms with E-state index in [9.17, 15) is 0 Å². The smallest absolute Gasteiger partial charge is 0.202 e. The van der Waals surface area contributed by atoms with E-state index in [-0.39, 0.29) is 0 Å². The van der Waals surface area contributed by atoms with Gasteiger partial charge in [-0.1, -0.05) is 17.7 Å². The Bertz CT molecular complexity index is 1080. The van der Waals surface area contributed by atoms with Crippen LogP contribution >= 0.6 is 0 Å². The van der Waals surface area contributed by atoms with E-state index in [2.05, 4.69) is 37.9 Å². The second kappa shape index (κ2) is 7.76. The van der Waals surface area contributed by atoms with E-state index in [1.165, 1.54) is 5.56 Å². The van der Waals surface area contributed by atoms with Crippen molar-refractivity contribution in [3.63, 3.8) is 0 Å². The second-order valence-corrected chi connectivity index (χ2v) is 6.85. The van der Waals surface area contributed by atoms with Crippen LogP contribution < -0.4 is 20.7 Å². The van der Waals surface area contributed by atoms with Crippen LogP contribution in [0.2, 0.25) is 0 Å². The van der Waals surface area contributed by atoms with Gasteiger partial charge in [0.05, 0.1) is 25.6 Å². The number of hydrogen-bond acceptors (Lipinski definition) is 5. The van der Waals surface area contributed by atoms with Crippen LogP contribution in [0.5, 0.6) is 11.5 Å². The molecule has 0 atom stereocenters. The molecule has 0 radical (unpaired) electrons. The minimum absolute atomic E-state index is 0.383. The summed E-state index contributed by atoms with van der Waals surface area (Å²) in [5, 5.41) is 0.